The minimum atomic E-state index is 0.626. The topological polar surface area (TPSA) is 36.9 Å². The second-order valence-electron chi connectivity index (χ2n) is 4.37. The Morgan fingerprint density at radius 3 is 3.06 bits per heavy atom. The molecule has 0 amide bonds. The number of aliphatic imine (C=N–C) groups is 1. The molecule has 0 aromatic carbocycles. The van der Waals surface area contributed by atoms with Gasteiger partial charge in [0.15, 0.2) is 5.17 Å². The van der Waals surface area contributed by atoms with Crippen LogP contribution in [-0.4, -0.2) is 62.3 Å². The van der Waals surface area contributed by atoms with Crippen LogP contribution < -0.4 is 5.32 Å². The molecule has 1 unspecified atom stereocenters. The van der Waals surface area contributed by atoms with Crippen molar-refractivity contribution in [3.8, 4) is 0 Å². The van der Waals surface area contributed by atoms with Crippen molar-refractivity contribution in [1.29, 1.82) is 0 Å². The van der Waals surface area contributed by atoms with Crippen LogP contribution in [0.15, 0.2) is 4.99 Å². The SMILES string of the molecule is CCC1CCSC(=NCCN(C)CCOC)N1. The standard InChI is InChI=1S/C12H25N3OS/c1-4-11-5-10-17-12(14-11)13-6-7-15(2)8-9-16-3/h11H,4-10H2,1-3H3,(H,13,14). The second-order valence-corrected chi connectivity index (χ2v) is 5.45. The Morgan fingerprint density at radius 2 is 2.35 bits per heavy atom. The van der Waals surface area contributed by atoms with Gasteiger partial charge in [-0.2, -0.15) is 0 Å². The summed E-state index contributed by atoms with van der Waals surface area (Å²) in [5.41, 5.74) is 0. The summed E-state index contributed by atoms with van der Waals surface area (Å²) in [4.78, 5) is 6.86. The molecule has 1 N–H and O–H groups in total. The van der Waals surface area contributed by atoms with Crippen molar-refractivity contribution in [1.82, 2.24) is 10.2 Å². The predicted molar refractivity (Wildman–Crippen MR) is 76.0 cm³/mol. The summed E-state index contributed by atoms with van der Waals surface area (Å²) in [6.45, 7) is 5.85. The van der Waals surface area contributed by atoms with E-state index in [1.807, 2.05) is 11.8 Å². The van der Waals surface area contributed by atoms with Crippen LogP contribution in [0.25, 0.3) is 0 Å². The molecule has 0 spiro atoms. The van der Waals surface area contributed by atoms with Crippen LogP contribution in [0.4, 0.5) is 0 Å². The third kappa shape index (κ3) is 6.29. The van der Waals surface area contributed by atoms with Crippen LogP contribution in [0, 0.1) is 0 Å². The van der Waals surface area contributed by atoms with Gasteiger partial charge in [0.2, 0.25) is 0 Å². The zero-order valence-electron chi connectivity index (χ0n) is 11.2. The lowest BCUT2D eigenvalue weighted by atomic mass is 10.2. The van der Waals surface area contributed by atoms with Gasteiger partial charge in [0.25, 0.3) is 0 Å². The van der Waals surface area contributed by atoms with Gasteiger partial charge in [-0.3, -0.25) is 4.99 Å². The maximum absolute atomic E-state index is 5.04. The number of thioether (sulfide) groups is 1. The van der Waals surface area contributed by atoms with E-state index in [9.17, 15) is 0 Å². The number of rotatable bonds is 7. The molecule has 1 fully saturated rings. The highest BCUT2D eigenvalue weighted by Gasteiger charge is 2.14. The van der Waals surface area contributed by atoms with E-state index in [0.29, 0.717) is 6.04 Å². The molecule has 100 valence electrons. The Morgan fingerprint density at radius 1 is 1.53 bits per heavy atom. The zero-order chi connectivity index (χ0) is 12.5. The normalized spacial score (nSPS) is 23.1. The molecular formula is C12H25N3OS. The lowest BCUT2D eigenvalue weighted by Crippen LogP contribution is -2.37. The summed E-state index contributed by atoms with van der Waals surface area (Å²) in [6, 6.07) is 0.626. The number of hydrogen-bond acceptors (Lipinski definition) is 4. The van der Waals surface area contributed by atoms with Crippen LogP contribution in [0.5, 0.6) is 0 Å². The molecule has 0 bridgehead atoms. The van der Waals surface area contributed by atoms with Gasteiger partial charge in [0.05, 0.1) is 13.2 Å². The predicted octanol–water partition coefficient (Wildman–Crippen LogP) is 1.43. The summed E-state index contributed by atoms with van der Waals surface area (Å²) in [6.07, 6.45) is 2.45. The number of hydrogen-bond donors (Lipinski definition) is 1. The van der Waals surface area contributed by atoms with E-state index in [1.54, 1.807) is 7.11 Å². The fourth-order valence-corrected chi connectivity index (χ4v) is 2.69. The monoisotopic (exact) mass is 259 g/mol. The second kappa shape index (κ2) is 8.78. The van der Waals surface area contributed by atoms with Crippen molar-refractivity contribution in [3.63, 3.8) is 0 Å². The fraction of sp³-hybridized carbons (Fsp3) is 0.917. The molecule has 0 saturated carbocycles. The third-order valence-corrected chi connectivity index (χ3v) is 3.90. The highest BCUT2D eigenvalue weighted by atomic mass is 32.2. The molecule has 0 radical (unpaired) electrons. The lowest BCUT2D eigenvalue weighted by Gasteiger charge is -2.24. The van der Waals surface area contributed by atoms with Crippen LogP contribution in [0.2, 0.25) is 0 Å². The molecule has 0 aliphatic carbocycles. The van der Waals surface area contributed by atoms with E-state index in [4.69, 9.17) is 4.74 Å². The molecule has 1 rings (SSSR count). The summed E-state index contributed by atoms with van der Waals surface area (Å²) >= 11 is 1.85. The number of ether oxygens (including phenoxy) is 1. The van der Waals surface area contributed by atoms with Crippen LogP contribution in [0.3, 0.4) is 0 Å². The Labute approximate surface area is 109 Å². The Balaban J connectivity index is 2.19. The van der Waals surface area contributed by atoms with E-state index in [0.717, 1.165) is 31.4 Å². The van der Waals surface area contributed by atoms with Crippen molar-refractivity contribution in [2.75, 3.05) is 46.2 Å². The molecule has 0 aromatic heterocycles. The summed E-state index contributed by atoms with van der Waals surface area (Å²) in [5, 5.41) is 4.62. The van der Waals surface area contributed by atoms with E-state index in [-0.39, 0.29) is 0 Å². The summed E-state index contributed by atoms with van der Waals surface area (Å²) < 4.78 is 5.04. The first kappa shape index (κ1) is 14.8. The fourth-order valence-electron chi connectivity index (χ4n) is 1.66. The Kier molecular flexibility index (Phi) is 7.64. The van der Waals surface area contributed by atoms with Gasteiger partial charge in [0, 0.05) is 32.0 Å². The molecule has 1 aliphatic heterocycles. The average molecular weight is 259 g/mol. The van der Waals surface area contributed by atoms with E-state index in [2.05, 4.69) is 29.2 Å². The minimum absolute atomic E-state index is 0.626. The molecule has 1 aliphatic rings. The average Bonchev–Trinajstić information content (AvgIpc) is 2.36. The summed E-state index contributed by atoms with van der Waals surface area (Å²) in [5.74, 6) is 1.20. The van der Waals surface area contributed by atoms with E-state index >= 15 is 0 Å². The molecule has 0 aromatic rings. The molecule has 1 heterocycles. The molecule has 4 nitrogen and oxygen atoms in total. The highest BCUT2D eigenvalue weighted by Crippen LogP contribution is 2.15. The smallest absolute Gasteiger partial charge is 0.156 e. The first-order chi connectivity index (χ1) is 8.26. The number of nitrogens with zero attached hydrogens (tertiary/aromatic N) is 2. The largest absolute Gasteiger partial charge is 0.383 e. The number of nitrogens with one attached hydrogen (secondary N) is 1. The van der Waals surface area contributed by atoms with Gasteiger partial charge in [0.1, 0.15) is 0 Å². The first-order valence-corrected chi connectivity index (χ1v) is 7.36. The number of amidine groups is 1. The quantitative estimate of drug-likeness (QED) is 0.750. The Hall–Kier alpha value is -0.260. The van der Waals surface area contributed by atoms with Gasteiger partial charge < -0.3 is 15.0 Å². The van der Waals surface area contributed by atoms with Crippen molar-refractivity contribution >= 4 is 16.9 Å². The zero-order valence-corrected chi connectivity index (χ0v) is 12.1. The molecule has 1 atom stereocenters. The van der Waals surface area contributed by atoms with Crippen LogP contribution in [0.1, 0.15) is 19.8 Å². The molecule has 5 heteroatoms. The maximum Gasteiger partial charge on any atom is 0.156 e. The number of likely N-dealkylation sites (N-methyl/N-ethyl adjacent to an activating group) is 1. The molecule has 17 heavy (non-hydrogen) atoms. The van der Waals surface area contributed by atoms with Gasteiger partial charge >= 0.3 is 0 Å². The Bertz CT molecular complexity index is 236. The number of methoxy groups -OCH3 is 1. The van der Waals surface area contributed by atoms with Crippen molar-refractivity contribution in [3.05, 3.63) is 0 Å². The highest BCUT2D eigenvalue weighted by molar-refractivity contribution is 8.13. The maximum atomic E-state index is 5.04. The van der Waals surface area contributed by atoms with E-state index in [1.165, 1.54) is 18.6 Å². The van der Waals surface area contributed by atoms with Gasteiger partial charge in [-0.1, -0.05) is 18.7 Å². The third-order valence-electron chi connectivity index (χ3n) is 2.94. The van der Waals surface area contributed by atoms with Crippen molar-refractivity contribution in [2.24, 2.45) is 4.99 Å². The molecule has 1 saturated heterocycles. The lowest BCUT2D eigenvalue weighted by molar-refractivity contribution is 0.163. The van der Waals surface area contributed by atoms with Gasteiger partial charge in [-0.15, -0.1) is 0 Å². The molecular weight excluding hydrogens is 234 g/mol. The first-order valence-electron chi connectivity index (χ1n) is 6.37. The van der Waals surface area contributed by atoms with Gasteiger partial charge in [-0.25, -0.2) is 0 Å². The van der Waals surface area contributed by atoms with Gasteiger partial charge in [-0.05, 0) is 19.9 Å². The van der Waals surface area contributed by atoms with E-state index < -0.39 is 0 Å². The van der Waals surface area contributed by atoms with Crippen molar-refractivity contribution < 1.29 is 4.74 Å². The minimum Gasteiger partial charge on any atom is -0.383 e. The van der Waals surface area contributed by atoms with Crippen LogP contribution in [-0.2, 0) is 4.74 Å². The van der Waals surface area contributed by atoms with Crippen LogP contribution >= 0.6 is 11.8 Å². The van der Waals surface area contributed by atoms with Crippen molar-refractivity contribution in [2.45, 2.75) is 25.8 Å². The summed E-state index contributed by atoms with van der Waals surface area (Å²) in [7, 11) is 3.84.